The van der Waals surface area contributed by atoms with E-state index < -0.39 is 0 Å². The van der Waals surface area contributed by atoms with Gasteiger partial charge in [-0.15, -0.1) is 5.10 Å². The first-order valence-corrected chi connectivity index (χ1v) is 10.2. The van der Waals surface area contributed by atoms with E-state index >= 15 is 0 Å². The van der Waals surface area contributed by atoms with E-state index in [4.69, 9.17) is 9.26 Å². The van der Waals surface area contributed by atoms with Gasteiger partial charge in [0.25, 0.3) is 0 Å². The summed E-state index contributed by atoms with van der Waals surface area (Å²) in [6, 6.07) is 5.60. The lowest BCUT2D eigenvalue weighted by Crippen LogP contribution is -2.27. The summed E-state index contributed by atoms with van der Waals surface area (Å²) < 4.78 is 11.0. The Morgan fingerprint density at radius 3 is 2.93 bits per heavy atom. The largest absolute Gasteiger partial charge is 0.476 e. The lowest BCUT2D eigenvalue weighted by molar-refractivity contribution is -0.115. The summed E-state index contributed by atoms with van der Waals surface area (Å²) in [6.07, 6.45) is 3.84. The molecule has 0 saturated heterocycles. The van der Waals surface area contributed by atoms with Crippen molar-refractivity contribution in [2.45, 2.75) is 51.9 Å². The summed E-state index contributed by atoms with van der Waals surface area (Å²) in [6.45, 7) is 6.68. The van der Waals surface area contributed by atoms with Crippen LogP contribution in [0.3, 0.4) is 0 Å². The van der Waals surface area contributed by atoms with E-state index in [0.717, 1.165) is 29.8 Å². The standard InChI is InChI=1S/C21H26N6O3/c1-12(2)17-4-5-22-26-21(17)29-11-14-7-15(8-14)18-10-19(25-24-18)23-20(28)9-16-6-13(3)27-30-16/h4-6,10,12,14-15H,7-9,11H2,1-3H3,(H2,23,24,25,28)/t14-,15-. The van der Waals surface area contributed by atoms with Crippen LogP contribution in [0.1, 0.15) is 61.2 Å². The summed E-state index contributed by atoms with van der Waals surface area (Å²) in [7, 11) is 0. The van der Waals surface area contributed by atoms with Crippen LogP contribution in [0.4, 0.5) is 5.82 Å². The fourth-order valence-corrected chi connectivity index (χ4v) is 3.66. The topological polar surface area (TPSA) is 119 Å². The van der Waals surface area contributed by atoms with Crippen molar-refractivity contribution in [1.29, 1.82) is 0 Å². The third kappa shape index (κ3) is 4.67. The third-order valence-corrected chi connectivity index (χ3v) is 5.35. The molecule has 1 aliphatic rings. The summed E-state index contributed by atoms with van der Waals surface area (Å²) in [4.78, 5) is 12.1. The average Bonchev–Trinajstić information content (AvgIpc) is 3.29. The van der Waals surface area contributed by atoms with Crippen molar-refractivity contribution in [2.75, 3.05) is 11.9 Å². The number of aromatic amines is 1. The van der Waals surface area contributed by atoms with Crippen molar-refractivity contribution in [3.8, 4) is 5.88 Å². The first kappa shape index (κ1) is 20.1. The molecule has 4 rings (SSSR count). The lowest BCUT2D eigenvalue weighted by Gasteiger charge is -2.34. The Morgan fingerprint density at radius 2 is 2.20 bits per heavy atom. The molecule has 1 saturated carbocycles. The van der Waals surface area contributed by atoms with Gasteiger partial charge in [-0.25, -0.2) is 0 Å². The SMILES string of the molecule is Cc1cc(CC(=O)Nc2cc([C@H]3C[C@H](COc4nnccc4C(C)C)C3)[nH]n2)on1. The molecule has 1 aliphatic carbocycles. The highest BCUT2D eigenvalue weighted by atomic mass is 16.5. The molecular formula is C21H26N6O3. The number of carbonyl (C=O) groups excluding carboxylic acids is 1. The van der Waals surface area contributed by atoms with E-state index in [-0.39, 0.29) is 12.3 Å². The number of rotatable bonds is 8. The van der Waals surface area contributed by atoms with Gasteiger partial charge in [-0.2, -0.15) is 10.2 Å². The molecule has 0 unspecified atom stereocenters. The summed E-state index contributed by atoms with van der Waals surface area (Å²) in [5, 5.41) is 21.9. The van der Waals surface area contributed by atoms with E-state index in [9.17, 15) is 4.79 Å². The molecule has 3 aromatic rings. The van der Waals surface area contributed by atoms with Gasteiger partial charge in [0.15, 0.2) is 5.82 Å². The molecule has 0 aromatic carbocycles. The van der Waals surface area contributed by atoms with Crippen LogP contribution in [0.5, 0.6) is 5.88 Å². The van der Waals surface area contributed by atoms with E-state index in [1.807, 2.05) is 19.1 Å². The molecule has 30 heavy (non-hydrogen) atoms. The van der Waals surface area contributed by atoms with Crippen molar-refractivity contribution >= 4 is 11.7 Å². The Balaban J connectivity index is 1.24. The molecule has 3 aromatic heterocycles. The molecule has 0 radical (unpaired) electrons. The third-order valence-electron chi connectivity index (χ3n) is 5.35. The number of H-pyrrole nitrogens is 1. The van der Waals surface area contributed by atoms with Crippen molar-refractivity contribution in [2.24, 2.45) is 5.92 Å². The van der Waals surface area contributed by atoms with Gasteiger partial charge in [-0.3, -0.25) is 9.89 Å². The smallest absolute Gasteiger partial charge is 0.236 e. The van der Waals surface area contributed by atoms with Gasteiger partial charge in [-0.1, -0.05) is 19.0 Å². The van der Waals surface area contributed by atoms with Crippen molar-refractivity contribution < 1.29 is 14.1 Å². The summed E-state index contributed by atoms with van der Waals surface area (Å²) >= 11 is 0. The molecule has 9 nitrogen and oxygen atoms in total. The maximum atomic E-state index is 12.1. The van der Waals surface area contributed by atoms with Crippen LogP contribution in [0.15, 0.2) is 28.9 Å². The number of hydrogen-bond acceptors (Lipinski definition) is 7. The highest BCUT2D eigenvalue weighted by Gasteiger charge is 2.32. The second-order valence-electron chi connectivity index (χ2n) is 8.16. The van der Waals surface area contributed by atoms with Gasteiger partial charge in [-0.05, 0) is 37.7 Å². The maximum absolute atomic E-state index is 12.1. The molecule has 0 spiro atoms. The zero-order chi connectivity index (χ0) is 21.1. The van der Waals surface area contributed by atoms with E-state index in [1.54, 1.807) is 12.3 Å². The van der Waals surface area contributed by atoms with E-state index in [2.05, 4.69) is 44.7 Å². The minimum atomic E-state index is -0.186. The first-order chi connectivity index (χ1) is 14.5. The number of ether oxygens (including phenoxy) is 1. The zero-order valence-corrected chi connectivity index (χ0v) is 17.4. The minimum Gasteiger partial charge on any atom is -0.476 e. The maximum Gasteiger partial charge on any atom is 0.236 e. The van der Waals surface area contributed by atoms with Gasteiger partial charge < -0.3 is 14.6 Å². The predicted octanol–water partition coefficient (Wildman–Crippen LogP) is 3.37. The van der Waals surface area contributed by atoms with Crippen LogP contribution in [0.2, 0.25) is 0 Å². The molecule has 2 N–H and O–H groups in total. The number of aryl methyl sites for hydroxylation is 1. The molecular weight excluding hydrogens is 384 g/mol. The molecule has 9 heteroatoms. The van der Waals surface area contributed by atoms with Crippen LogP contribution < -0.4 is 10.1 Å². The van der Waals surface area contributed by atoms with Crippen molar-refractivity contribution in [1.82, 2.24) is 25.6 Å². The number of anilines is 1. The number of hydrogen-bond donors (Lipinski definition) is 2. The van der Waals surface area contributed by atoms with Crippen LogP contribution in [0.25, 0.3) is 0 Å². The van der Waals surface area contributed by atoms with Crippen LogP contribution in [-0.2, 0) is 11.2 Å². The van der Waals surface area contributed by atoms with Crippen LogP contribution in [0, 0.1) is 12.8 Å². The first-order valence-electron chi connectivity index (χ1n) is 10.2. The van der Waals surface area contributed by atoms with Crippen molar-refractivity contribution in [3.05, 3.63) is 47.1 Å². The van der Waals surface area contributed by atoms with Gasteiger partial charge in [0.05, 0.1) is 24.9 Å². The summed E-state index contributed by atoms with van der Waals surface area (Å²) in [5.74, 6) is 2.70. The number of carbonyl (C=O) groups is 1. The Bertz CT molecular complexity index is 1010. The Morgan fingerprint density at radius 1 is 1.37 bits per heavy atom. The highest BCUT2D eigenvalue weighted by Crippen LogP contribution is 2.41. The Labute approximate surface area is 174 Å². The monoisotopic (exact) mass is 410 g/mol. The summed E-state index contributed by atoms with van der Waals surface area (Å²) in [5.41, 5.74) is 2.86. The molecule has 0 aliphatic heterocycles. The number of nitrogens with one attached hydrogen (secondary N) is 2. The fourth-order valence-electron chi connectivity index (χ4n) is 3.66. The van der Waals surface area contributed by atoms with Gasteiger partial charge in [0, 0.05) is 29.3 Å². The highest BCUT2D eigenvalue weighted by molar-refractivity contribution is 5.91. The normalized spacial score (nSPS) is 18.3. The van der Waals surface area contributed by atoms with E-state index in [1.165, 1.54) is 0 Å². The van der Waals surface area contributed by atoms with Crippen molar-refractivity contribution in [3.63, 3.8) is 0 Å². The molecule has 158 valence electrons. The molecule has 3 heterocycles. The van der Waals surface area contributed by atoms with Crippen LogP contribution in [-0.4, -0.2) is 38.1 Å². The van der Waals surface area contributed by atoms with Gasteiger partial charge in [0.2, 0.25) is 11.8 Å². The Hall–Kier alpha value is -3.23. The quantitative estimate of drug-likeness (QED) is 0.584. The second-order valence-corrected chi connectivity index (χ2v) is 8.16. The number of amides is 1. The lowest BCUT2D eigenvalue weighted by atomic mass is 9.74. The second kappa shape index (κ2) is 8.64. The molecule has 1 amide bonds. The molecule has 1 fully saturated rings. The Kier molecular flexibility index (Phi) is 5.78. The van der Waals surface area contributed by atoms with Gasteiger partial charge in [0.1, 0.15) is 5.76 Å². The average molecular weight is 410 g/mol. The number of nitrogens with zero attached hydrogens (tertiary/aromatic N) is 4. The number of aromatic nitrogens is 5. The van der Waals surface area contributed by atoms with Gasteiger partial charge >= 0.3 is 0 Å². The zero-order valence-electron chi connectivity index (χ0n) is 17.4. The molecule has 0 bridgehead atoms. The predicted molar refractivity (Wildman–Crippen MR) is 109 cm³/mol. The fraction of sp³-hybridized carbons (Fsp3) is 0.476. The molecule has 0 atom stereocenters. The van der Waals surface area contributed by atoms with E-state index in [0.29, 0.717) is 41.8 Å². The minimum absolute atomic E-state index is 0.132. The van der Waals surface area contributed by atoms with Crippen LogP contribution >= 0.6 is 0 Å².